The van der Waals surface area contributed by atoms with E-state index in [0.29, 0.717) is 24.6 Å². The summed E-state index contributed by atoms with van der Waals surface area (Å²) < 4.78 is 39.3. The summed E-state index contributed by atoms with van der Waals surface area (Å²) in [4.78, 5) is 0.301. The minimum absolute atomic E-state index is 0.236. The van der Waals surface area contributed by atoms with Crippen LogP contribution in [0.1, 0.15) is 37.4 Å². The molecule has 6 heteroatoms. The van der Waals surface area contributed by atoms with Gasteiger partial charge in [0.2, 0.25) is 10.0 Å². The smallest absolute Gasteiger partial charge is 0.243 e. The molecule has 1 saturated carbocycles. The van der Waals surface area contributed by atoms with Crippen molar-refractivity contribution in [3.63, 3.8) is 0 Å². The van der Waals surface area contributed by atoms with Crippen LogP contribution in [0.5, 0.6) is 5.75 Å². The lowest BCUT2D eigenvalue weighted by Gasteiger charge is -2.32. The quantitative estimate of drug-likeness (QED) is 0.784. The van der Waals surface area contributed by atoms with E-state index in [-0.39, 0.29) is 12.2 Å². The van der Waals surface area contributed by atoms with Crippen LogP contribution in [0, 0.1) is 0 Å². The van der Waals surface area contributed by atoms with Gasteiger partial charge in [-0.1, -0.05) is 30.3 Å². The summed E-state index contributed by atoms with van der Waals surface area (Å²) in [7, 11) is -3.55. The van der Waals surface area contributed by atoms with Gasteiger partial charge in [0, 0.05) is 13.1 Å². The third-order valence-corrected chi connectivity index (χ3v) is 7.15. The van der Waals surface area contributed by atoms with Crippen molar-refractivity contribution in [1.29, 1.82) is 0 Å². The van der Waals surface area contributed by atoms with Crippen LogP contribution >= 0.6 is 0 Å². The molecule has 0 radical (unpaired) electrons. The number of morpholine rings is 1. The Morgan fingerprint density at radius 1 is 0.963 bits per heavy atom. The molecule has 1 atom stereocenters. The zero-order valence-corrected chi connectivity index (χ0v) is 16.1. The second-order valence-corrected chi connectivity index (χ2v) is 9.07. The van der Waals surface area contributed by atoms with E-state index in [0.717, 1.165) is 24.2 Å². The number of hydrogen-bond donors (Lipinski definition) is 0. The number of ether oxygens (including phenoxy) is 2. The molecule has 1 aliphatic carbocycles. The summed E-state index contributed by atoms with van der Waals surface area (Å²) in [6.45, 7) is 1.08. The second kappa shape index (κ2) is 8.00. The first-order chi connectivity index (χ1) is 13.1. The van der Waals surface area contributed by atoms with Gasteiger partial charge in [-0.25, -0.2) is 8.42 Å². The summed E-state index contributed by atoms with van der Waals surface area (Å²) in [6, 6.07) is 16.6. The standard InChI is InChI=1S/C21H25NO4S/c23-27(24,20-12-10-19(11-13-20)26-18-8-4-5-9-18)22-14-15-25-21(16-22)17-6-2-1-3-7-17/h1-3,6-7,10-13,18,21H,4-5,8-9,14-16H2. The van der Waals surface area contributed by atoms with Crippen LogP contribution in [0.3, 0.4) is 0 Å². The van der Waals surface area contributed by atoms with E-state index in [2.05, 4.69) is 0 Å². The van der Waals surface area contributed by atoms with Crippen LogP contribution in [-0.4, -0.2) is 38.5 Å². The molecule has 0 amide bonds. The first-order valence-corrected chi connectivity index (χ1v) is 11.0. The Bertz CT molecular complexity index is 846. The molecule has 4 rings (SSSR count). The number of nitrogens with zero attached hydrogens (tertiary/aromatic N) is 1. The highest BCUT2D eigenvalue weighted by atomic mass is 32.2. The number of hydrogen-bond acceptors (Lipinski definition) is 4. The van der Waals surface area contributed by atoms with Crippen LogP contribution in [-0.2, 0) is 14.8 Å². The highest BCUT2D eigenvalue weighted by molar-refractivity contribution is 7.89. The summed E-state index contributed by atoms with van der Waals surface area (Å²) in [5.74, 6) is 0.741. The van der Waals surface area contributed by atoms with Gasteiger partial charge in [-0.05, 0) is 55.5 Å². The summed E-state index contributed by atoms with van der Waals surface area (Å²) >= 11 is 0. The highest BCUT2D eigenvalue weighted by Gasteiger charge is 2.31. The van der Waals surface area contributed by atoms with Crippen molar-refractivity contribution in [2.75, 3.05) is 19.7 Å². The minimum Gasteiger partial charge on any atom is -0.490 e. The van der Waals surface area contributed by atoms with Gasteiger partial charge in [0.1, 0.15) is 5.75 Å². The van der Waals surface area contributed by atoms with Crippen molar-refractivity contribution in [1.82, 2.24) is 4.31 Å². The van der Waals surface area contributed by atoms with Gasteiger partial charge in [-0.2, -0.15) is 4.31 Å². The monoisotopic (exact) mass is 387 g/mol. The molecular formula is C21H25NO4S. The summed E-state index contributed by atoms with van der Waals surface area (Å²) in [5.41, 5.74) is 0.998. The van der Waals surface area contributed by atoms with Crippen LogP contribution in [0.4, 0.5) is 0 Å². The van der Waals surface area contributed by atoms with Gasteiger partial charge in [-0.15, -0.1) is 0 Å². The molecule has 2 fully saturated rings. The first-order valence-electron chi connectivity index (χ1n) is 9.56. The molecule has 0 spiro atoms. The van der Waals surface area contributed by atoms with Gasteiger partial charge in [0.25, 0.3) is 0 Å². The van der Waals surface area contributed by atoms with Crippen molar-refractivity contribution in [3.8, 4) is 5.75 Å². The van der Waals surface area contributed by atoms with E-state index in [4.69, 9.17) is 9.47 Å². The normalized spacial score (nSPS) is 22.0. The van der Waals surface area contributed by atoms with Gasteiger partial charge < -0.3 is 9.47 Å². The summed E-state index contributed by atoms with van der Waals surface area (Å²) in [6.07, 6.45) is 4.59. The Balaban J connectivity index is 1.47. The lowest BCUT2D eigenvalue weighted by Crippen LogP contribution is -2.42. The second-order valence-electron chi connectivity index (χ2n) is 7.13. The Labute approximate surface area is 161 Å². The number of benzene rings is 2. The predicted molar refractivity (Wildman–Crippen MR) is 103 cm³/mol. The molecule has 1 unspecified atom stereocenters. The molecule has 0 aromatic heterocycles. The molecule has 2 aromatic carbocycles. The van der Waals surface area contributed by atoms with Crippen LogP contribution in [0.2, 0.25) is 0 Å². The average Bonchev–Trinajstić information content (AvgIpc) is 3.22. The maximum Gasteiger partial charge on any atom is 0.243 e. The van der Waals surface area contributed by atoms with Gasteiger partial charge >= 0.3 is 0 Å². The molecule has 1 saturated heterocycles. The Morgan fingerprint density at radius 2 is 1.67 bits per heavy atom. The van der Waals surface area contributed by atoms with E-state index < -0.39 is 10.0 Å². The molecule has 1 heterocycles. The van der Waals surface area contributed by atoms with Crippen LogP contribution in [0.25, 0.3) is 0 Å². The fraction of sp³-hybridized carbons (Fsp3) is 0.429. The van der Waals surface area contributed by atoms with Gasteiger partial charge in [0.05, 0.1) is 23.7 Å². The first kappa shape index (κ1) is 18.5. The van der Waals surface area contributed by atoms with Crippen molar-refractivity contribution in [2.45, 2.75) is 42.8 Å². The van der Waals surface area contributed by atoms with Crippen molar-refractivity contribution < 1.29 is 17.9 Å². The van der Waals surface area contributed by atoms with Gasteiger partial charge in [0.15, 0.2) is 0 Å². The SMILES string of the molecule is O=S(=O)(c1ccc(OC2CCCC2)cc1)N1CCOC(c2ccccc2)C1. The lowest BCUT2D eigenvalue weighted by atomic mass is 10.1. The third kappa shape index (κ3) is 4.18. The molecule has 27 heavy (non-hydrogen) atoms. The summed E-state index contributed by atoms with van der Waals surface area (Å²) in [5, 5.41) is 0. The molecule has 0 N–H and O–H groups in total. The Hall–Kier alpha value is -1.89. The largest absolute Gasteiger partial charge is 0.490 e. The molecule has 144 valence electrons. The number of rotatable bonds is 5. The van der Waals surface area contributed by atoms with Crippen molar-refractivity contribution in [2.24, 2.45) is 0 Å². The molecule has 5 nitrogen and oxygen atoms in total. The fourth-order valence-electron chi connectivity index (χ4n) is 3.75. The number of sulfonamides is 1. The van der Waals surface area contributed by atoms with Crippen molar-refractivity contribution in [3.05, 3.63) is 60.2 Å². The zero-order valence-electron chi connectivity index (χ0n) is 15.3. The Kier molecular flexibility index (Phi) is 5.48. The molecule has 1 aliphatic heterocycles. The predicted octanol–water partition coefficient (Wildman–Crippen LogP) is 3.77. The van der Waals surface area contributed by atoms with E-state index in [1.54, 1.807) is 24.3 Å². The third-order valence-electron chi connectivity index (χ3n) is 5.27. The van der Waals surface area contributed by atoms with Crippen LogP contribution in [0.15, 0.2) is 59.5 Å². The molecular weight excluding hydrogens is 362 g/mol. The van der Waals surface area contributed by atoms with Crippen LogP contribution < -0.4 is 4.74 Å². The average molecular weight is 388 g/mol. The highest BCUT2D eigenvalue weighted by Crippen LogP contribution is 2.28. The topological polar surface area (TPSA) is 55.8 Å². The van der Waals surface area contributed by atoms with Gasteiger partial charge in [-0.3, -0.25) is 0 Å². The maximum atomic E-state index is 13.0. The maximum absolute atomic E-state index is 13.0. The Morgan fingerprint density at radius 3 is 2.37 bits per heavy atom. The molecule has 2 aliphatic rings. The minimum atomic E-state index is -3.55. The fourth-order valence-corrected chi connectivity index (χ4v) is 5.18. The molecule has 2 aromatic rings. The zero-order chi connectivity index (χ0) is 18.7. The van der Waals surface area contributed by atoms with E-state index in [1.165, 1.54) is 17.1 Å². The lowest BCUT2D eigenvalue weighted by molar-refractivity contribution is -0.00255. The van der Waals surface area contributed by atoms with Crippen molar-refractivity contribution >= 4 is 10.0 Å². The molecule has 0 bridgehead atoms. The van der Waals surface area contributed by atoms with E-state index in [9.17, 15) is 8.42 Å². The van der Waals surface area contributed by atoms with E-state index in [1.807, 2.05) is 30.3 Å². The van der Waals surface area contributed by atoms with E-state index >= 15 is 0 Å².